The molecule has 0 saturated carbocycles. The van der Waals surface area contributed by atoms with Crippen molar-refractivity contribution in [2.45, 2.75) is 11.8 Å². The molecule has 0 bridgehead atoms. The van der Waals surface area contributed by atoms with Gasteiger partial charge in [0.05, 0.1) is 4.90 Å². The average Bonchev–Trinajstić information content (AvgIpc) is 2.26. The summed E-state index contributed by atoms with van der Waals surface area (Å²) in [5.41, 5.74) is -0.359. The van der Waals surface area contributed by atoms with E-state index in [-0.39, 0.29) is 29.5 Å². The number of nitrogens with one attached hydrogen (secondary N) is 2. The van der Waals surface area contributed by atoms with Crippen molar-refractivity contribution in [3.63, 3.8) is 0 Å². The molecule has 0 saturated heterocycles. The van der Waals surface area contributed by atoms with Crippen molar-refractivity contribution in [2.24, 2.45) is 5.92 Å². The number of aromatic amines is 1. The third-order valence-electron chi connectivity index (χ3n) is 2.00. The van der Waals surface area contributed by atoms with Crippen LogP contribution in [0.1, 0.15) is 6.92 Å². The number of rotatable bonds is 5. The fourth-order valence-corrected chi connectivity index (χ4v) is 2.10. The summed E-state index contributed by atoms with van der Waals surface area (Å²) in [7, 11) is -3.61. The second-order valence-corrected chi connectivity index (χ2v) is 5.30. The predicted molar refractivity (Wildman–Crippen MR) is 58.5 cm³/mol. The molecule has 3 N–H and O–H groups in total. The van der Waals surface area contributed by atoms with Gasteiger partial charge in [-0.1, -0.05) is 6.92 Å². The van der Waals surface area contributed by atoms with Crippen LogP contribution in [-0.4, -0.2) is 31.7 Å². The smallest absolute Gasteiger partial charge is 0.247 e. The van der Waals surface area contributed by atoms with Crippen molar-refractivity contribution >= 4 is 10.0 Å². The van der Waals surface area contributed by atoms with Gasteiger partial charge in [-0.15, -0.1) is 0 Å². The Hall–Kier alpha value is -1.18. The first kappa shape index (κ1) is 12.9. The number of hydrogen-bond acceptors (Lipinski definition) is 4. The first-order valence-electron chi connectivity index (χ1n) is 4.75. The van der Waals surface area contributed by atoms with E-state index in [9.17, 15) is 13.2 Å². The van der Waals surface area contributed by atoms with E-state index in [0.29, 0.717) is 0 Å². The quantitative estimate of drug-likeness (QED) is 0.638. The molecule has 1 aromatic rings. The van der Waals surface area contributed by atoms with Crippen molar-refractivity contribution in [3.8, 4) is 0 Å². The van der Waals surface area contributed by atoms with Gasteiger partial charge in [0.15, 0.2) is 0 Å². The molecular formula is C9H14N2O4S. The summed E-state index contributed by atoms with van der Waals surface area (Å²) in [4.78, 5) is 13.0. The standard InChI is InChI=1S/C9H14N2O4S/c1-7(6-12)4-11-16(14,15)8-2-3-9(13)10-5-8/h2-3,5,7,11-12H,4,6H2,1H3,(H,10,13). The lowest BCUT2D eigenvalue weighted by Crippen LogP contribution is -2.30. The van der Waals surface area contributed by atoms with Crippen molar-refractivity contribution in [3.05, 3.63) is 28.7 Å². The van der Waals surface area contributed by atoms with Gasteiger partial charge in [-0.2, -0.15) is 0 Å². The van der Waals surface area contributed by atoms with E-state index in [1.54, 1.807) is 6.92 Å². The largest absolute Gasteiger partial charge is 0.396 e. The van der Waals surface area contributed by atoms with Gasteiger partial charge in [0.2, 0.25) is 15.6 Å². The number of pyridine rings is 1. The van der Waals surface area contributed by atoms with Gasteiger partial charge in [-0.3, -0.25) is 4.79 Å². The Balaban J connectivity index is 2.78. The van der Waals surface area contributed by atoms with Crippen molar-refractivity contribution < 1.29 is 13.5 Å². The van der Waals surface area contributed by atoms with Gasteiger partial charge in [-0.25, -0.2) is 13.1 Å². The minimum absolute atomic E-state index is 0.00256. The molecule has 0 aromatic carbocycles. The highest BCUT2D eigenvalue weighted by atomic mass is 32.2. The molecule has 0 aliphatic carbocycles. The second kappa shape index (κ2) is 5.24. The molecule has 90 valence electrons. The zero-order valence-electron chi connectivity index (χ0n) is 8.80. The van der Waals surface area contributed by atoms with Crippen LogP contribution in [0.25, 0.3) is 0 Å². The molecule has 1 aromatic heterocycles. The van der Waals surface area contributed by atoms with Gasteiger partial charge in [-0.05, 0) is 12.0 Å². The van der Waals surface area contributed by atoms with Gasteiger partial charge in [0.25, 0.3) is 0 Å². The van der Waals surface area contributed by atoms with Crippen LogP contribution in [0.2, 0.25) is 0 Å². The highest BCUT2D eigenvalue weighted by Gasteiger charge is 2.14. The maximum Gasteiger partial charge on any atom is 0.247 e. The lowest BCUT2D eigenvalue weighted by molar-refractivity contribution is 0.238. The SMILES string of the molecule is CC(CO)CNS(=O)(=O)c1ccc(=O)[nH]c1. The maximum atomic E-state index is 11.6. The van der Waals surface area contributed by atoms with E-state index in [1.807, 2.05) is 0 Å². The summed E-state index contributed by atoms with van der Waals surface area (Å²) in [6.45, 7) is 1.78. The Labute approximate surface area is 93.4 Å². The number of H-pyrrole nitrogens is 1. The van der Waals surface area contributed by atoms with Crippen LogP contribution in [-0.2, 0) is 10.0 Å². The van der Waals surface area contributed by atoms with Gasteiger partial charge < -0.3 is 10.1 Å². The molecule has 16 heavy (non-hydrogen) atoms. The van der Waals surface area contributed by atoms with Crippen molar-refractivity contribution in [2.75, 3.05) is 13.2 Å². The molecule has 7 heteroatoms. The lowest BCUT2D eigenvalue weighted by Gasteiger charge is -2.09. The zero-order valence-corrected chi connectivity index (χ0v) is 9.62. The van der Waals surface area contributed by atoms with Crippen LogP contribution < -0.4 is 10.3 Å². The molecular weight excluding hydrogens is 232 g/mol. The maximum absolute atomic E-state index is 11.6. The molecule has 6 nitrogen and oxygen atoms in total. The van der Waals surface area contributed by atoms with Gasteiger partial charge in [0, 0.05) is 25.4 Å². The summed E-state index contributed by atoms with van der Waals surface area (Å²) in [6.07, 6.45) is 1.13. The number of hydrogen-bond donors (Lipinski definition) is 3. The topological polar surface area (TPSA) is 99.3 Å². The predicted octanol–water partition coefficient (Wildman–Crippen LogP) is -0.718. The average molecular weight is 246 g/mol. The summed E-state index contributed by atoms with van der Waals surface area (Å²) in [5, 5.41) is 8.76. The minimum Gasteiger partial charge on any atom is -0.396 e. The molecule has 1 rings (SSSR count). The van der Waals surface area contributed by atoms with E-state index in [0.717, 1.165) is 12.3 Å². The molecule has 0 spiro atoms. The number of aliphatic hydroxyl groups excluding tert-OH is 1. The monoisotopic (exact) mass is 246 g/mol. The van der Waals surface area contributed by atoms with E-state index >= 15 is 0 Å². The van der Waals surface area contributed by atoms with Crippen LogP contribution in [0.4, 0.5) is 0 Å². The van der Waals surface area contributed by atoms with Gasteiger partial charge >= 0.3 is 0 Å². The second-order valence-electron chi connectivity index (χ2n) is 3.53. The summed E-state index contributed by atoms with van der Waals surface area (Å²) in [5.74, 6) is -0.155. The molecule has 0 radical (unpaired) electrons. The fourth-order valence-electron chi connectivity index (χ4n) is 0.963. The van der Waals surface area contributed by atoms with E-state index in [2.05, 4.69) is 9.71 Å². The molecule has 1 unspecified atom stereocenters. The fraction of sp³-hybridized carbons (Fsp3) is 0.444. The Morgan fingerprint density at radius 1 is 1.50 bits per heavy atom. The van der Waals surface area contributed by atoms with E-state index in [4.69, 9.17) is 5.11 Å². The van der Waals surface area contributed by atoms with Crippen LogP contribution in [0.3, 0.4) is 0 Å². The Bertz CT molecular complexity index is 474. The third kappa shape index (κ3) is 3.44. The molecule has 0 aliphatic rings. The Morgan fingerprint density at radius 2 is 2.19 bits per heavy atom. The molecule has 0 aliphatic heterocycles. The van der Waals surface area contributed by atoms with Crippen LogP contribution in [0.5, 0.6) is 0 Å². The minimum atomic E-state index is -3.61. The highest BCUT2D eigenvalue weighted by Crippen LogP contribution is 2.04. The molecule has 1 heterocycles. The van der Waals surface area contributed by atoms with E-state index < -0.39 is 10.0 Å². The summed E-state index contributed by atoms with van der Waals surface area (Å²) in [6, 6.07) is 2.37. The Kier molecular flexibility index (Phi) is 4.22. The molecule has 1 atom stereocenters. The van der Waals surface area contributed by atoms with E-state index in [1.165, 1.54) is 6.07 Å². The number of aromatic nitrogens is 1. The Morgan fingerprint density at radius 3 is 2.69 bits per heavy atom. The zero-order chi connectivity index (χ0) is 12.2. The summed E-state index contributed by atoms with van der Waals surface area (Å²) >= 11 is 0. The van der Waals surface area contributed by atoms with Crippen LogP contribution >= 0.6 is 0 Å². The van der Waals surface area contributed by atoms with Gasteiger partial charge in [0.1, 0.15) is 0 Å². The molecule has 0 fully saturated rings. The summed E-state index contributed by atoms with van der Waals surface area (Å²) < 4.78 is 25.6. The van der Waals surface area contributed by atoms with Crippen LogP contribution in [0, 0.1) is 5.92 Å². The number of aliphatic hydroxyl groups is 1. The normalized spacial score (nSPS) is 13.6. The highest BCUT2D eigenvalue weighted by molar-refractivity contribution is 7.89. The first-order valence-corrected chi connectivity index (χ1v) is 6.23. The van der Waals surface area contributed by atoms with Crippen LogP contribution in [0.15, 0.2) is 28.0 Å². The van der Waals surface area contributed by atoms with Crippen molar-refractivity contribution in [1.82, 2.24) is 9.71 Å². The molecule has 0 amide bonds. The third-order valence-corrected chi connectivity index (χ3v) is 3.42. The number of sulfonamides is 1. The lowest BCUT2D eigenvalue weighted by atomic mass is 10.2. The first-order chi connectivity index (χ1) is 7.45. The van der Waals surface area contributed by atoms with Crippen molar-refractivity contribution in [1.29, 1.82) is 0 Å².